The van der Waals surface area contributed by atoms with Crippen molar-refractivity contribution in [3.8, 4) is 5.75 Å². The molecule has 0 amide bonds. The number of pyridine rings is 1. The molecule has 2 aromatic carbocycles. The summed E-state index contributed by atoms with van der Waals surface area (Å²) in [6, 6.07) is 19.1. The van der Waals surface area contributed by atoms with E-state index in [4.69, 9.17) is 32.8 Å². The topological polar surface area (TPSA) is 43.7 Å². The van der Waals surface area contributed by atoms with E-state index < -0.39 is 0 Å². The van der Waals surface area contributed by atoms with Crippen LogP contribution in [0, 0.1) is 0 Å². The summed E-state index contributed by atoms with van der Waals surface area (Å²) < 4.78 is 6.03. The van der Waals surface area contributed by atoms with E-state index in [1.165, 1.54) is 0 Å². The maximum absolute atomic E-state index is 6.24. The first-order valence-corrected chi connectivity index (χ1v) is 9.73. The van der Waals surface area contributed by atoms with Crippen LogP contribution >= 0.6 is 23.2 Å². The third kappa shape index (κ3) is 4.46. The number of ether oxygens (including phenoxy) is 1. The molecule has 1 aliphatic rings. The molecule has 1 atom stereocenters. The zero-order chi connectivity index (χ0) is 19.3. The highest BCUT2D eigenvalue weighted by atomic mass is 35.5. The van der Waals surface area contributed by atoms with Crippen LogP contribution in [0.2, 0.25) is 10.0 Å². The Labute approximate surface area is 173 Å². The maximum atomic E-state index is 6.24. The minimum absolute atomic E-state index is 0.0409. The van der Waals surface area contributed by atoms with Crippen molar-refractivity contribution in [2.45, 2.75) is 25.6 Å². The van der Waals surface area contributed by atoms with E-state index in [1.807, 2.05) is 48.5 Å². The summed E-state index contributed by atoms with van der Waals surface area (Å²) in [6.45, 7) is 0.369. The molecule has 0 saturated carbocycles. The summed E-state index contributed by atoms with van der Waals surface area (Å²) in [6.07, 6.45) is 3.13. The van der Waals surface area contributed by atoms with E-state index in [9.17, 15) is 0 Å². The molecule has 0 unspecified atom stereocenters. The molecule has 0 radical (unpaired) electrons. The predicted molar refractivity (Wildman–Crippen MR) is 111 cm³/mol. The van der Waals surface area contributed by atoms with Crippen molar-refractivity contribution >= 4 is 28.9 Å². The van der Waals surface area contributed by atoms with Gasteiger partial charge in [-0.2, -0.15) is 0 Å². The molecule has 142 valence electrons. The lowest BCUT2D eigenvalue weighted by molar-refractivity contribution is 0.0852. The minimum atomic E-state index is -0.0409. The molecule has 6 heteroatoms. The molecule has 0 fully saturated rings. The molecular formula is C22H18Cl2N2O2. The van der Waals surface area contributed by atoms with E-state index in [0.717, 1.165) is 28.3 Å². The minimum Gasteiger partial charge on any atom is -0.489 e. The number of halogens is 2. The Balaban J connectivity index is 1.41. The van der Waals surface area contributed by atoms with Crippen LogP contribution in [-0.4, -0.2) is 16.8 Å². The molecule has 3 aromatic rings. The van der Waals surface area contributed by atoms with Gasteiger partial charge in [-0.25, -0.2) is 0 Å². The number of hydrogen-bond acceptors (Lipinski definition) is 4. The molecule has 4 nitrogen and oxygen atoms in total. The summed E-state index contributed by atoms with van der Waals surface area (Å²) in [5.74, 6) is 0.809. The largest absolute Gasteiger partial charge is 0.489 e. The van der Waals surface area contributed by atoms with Crippen molar-refractivity contribution in [2.24, 2.45) is 5.16 Å². The number of nitrogens with zero attached hydrogens (tertiary/aromatic N) is 2. The van der Waals surface area contributed by atoms with Gasteiger partial charge in [0.25, 0.3) is 0 Å². The monoisotopic (exact) mass is 412 g/mol. The molecular weight excluding hydrogens is 395 g/mol. The Bertz CT molecular complexity index is 993. The summed E-state index contributed by atoms with van der Waals surface area (Å²) >= 11 is 12.2. The summed E-state index contributed by atoms with van der Waals surface area (Å²) in [7, 11) is 0. The van der Waals surface area contributed by atoms with Crippen LogP contribution in [0.1, 0.15) is 23.2 Å². The van der Waals surface area contributed by atoms with E-state index in [1.54, 1.807) is 18.3 Å². The summed E-state index contributed by atoms with van der Waals surface area (Å²) in [4.78, 5) is 9.97. The summed E-state index contributed by atoms with van der Waals surface area (Å²) in [5.41, 5.74) is 3.68. The fraction of sp³-hybridized carbons (Fsp3) is 0.182. The van der Waals surface area contributed by atoms with E-state index >= 15 is 0 Å². The van der Waals surface area contributed by atoms with Crippen LogP contribution in [0.15, 0.2) is 72.0 Å². The first-order valence-electron chi connectivity index (χ1n) is 8.98. The quantitative estimate of drug-likeness (QED) is 0.521. The Morgan fingerprint density at radius 1 is 1.00 bits per heavy atom. The standard InChI is InChI=1S/C22H18Cl2N2O2/c23-17-9-8-16(19(24)12-17)14-27-22-7-2-1-5-15(22)11-18-13-21(26-28-18)20-6-3-4-10-25-20/h1-10,12,18H,11,13-14H2/t18-/m0/s1. The molecule has 0 bridgehead atoms. The van der Waals surface area contributed by atoms with Gasteiger partial charge >= 0.3 is 0 Å². The average Bonchev–Trinajstić information content (AvgIpc) is 3.18. The zero-order valence-electron chi connectivity index (χ0n) is 15.0. The lowest BCUT2D eigenvalue weighted by Gasteiger charge is -2.14. The smallest absolute Gasteiger partial charge is 0.137 e. The van der Waals surface area contributed by atoms with Crippen LogP contribution in [-0.2, 0) is 17.9 Å². The number of hydrogen-bond donors (Lipinski definition) is 0. The number of aromatic nitrogens is 1. The second-order valence-corrected chi connectivity index (χ2v) is 7.36. The molecule has 0 aliphatic carbocycles. The number of oxime groups is 1. The third-order valence-corrected chi connectivity index (χ3v) is 5.10. The van der Waals surface area contributed by atoms with E-state index in [2.05, 4.69) is 10.1 Å². The Hall–Kier alpha value is -2.56. The molecule has 0 N–H and O–H groups in total. The van der Waals surface area contributed by atoms with Crippen LogP contribution in [0.5, 0.6) is 5.75 Å². The highest BCUT2D eigenvalue weighted by Crippen LogP contribution is 2.27. The van der Waals surface area contributed by atoms with Gasteiger partial charge in [0.1, 0.15) is 24.2 Å². The second-order valence-electron chi connectivity index (χ2n) is 6.52. The van der Waals surface area contributed by atoms with Gasteiger partial charge in [0.2, 0.25) is 0 Å². The predicted octanol–water partition coefficient (Wildman–Crippen LogP) is 5.70. The first-order chi connectivity index (χ1) is 13.7. The Morgan fingerprint density at radius 3 is 2.68 bits per heavy atom. The third-order valence-electron chi connectivity index (χ3n) is 4.51. The lowest BCUT2D eigenvalue weighted by atomic mass is 10.0. The highest BCUT2D eigenvalue weighted by molar-refractivity contribution is 6.35. The number of benzene rings is 2. The van der Waals surface area contributed by atoms with Gasteiger partial charge in [-0.1, -0.05) is 58.7 Å². The van der Waals surface area contributed by atoms with Crippen molar-refractivity contribution in [3.63, 3.8) is 0 Å². The molecule has 1 aliphatic heterocycles. The molecule has 2 heterocycles. The lowest BCUT2D eigenvalue weighted by Crippen LogP contribution is -2.13. The normalized spacial score (nSPS) is 15.8. The van der Waals surface area contributed by atoms with Crippen LogP contribution < -0.4 is 4.74 Å². The molecule has 1 aromatic heterocycles. The highest BCUT2D eigenvalue weighted by Gasteiger charge is 2.24. The van der Waals surface area contributed by atoms with Crippen molar-refractivity contribution < 1.29 is 9.57 Å². The Morgan fingerprint density at radius 2 is 1.86 bits per heavy atom. The van der Waals surface area contributed by atoms with E-state index in [0.29, 0.717) is 29.5 Å². The molecule has 0 saturated heterocycles. The van der Waals surface area contributed by atoms with Gasteiger partial charge in [0.15, 0.2) is 0 Å². The van der Waals surface area contributed by atoms with Crippen LogP contribution in [0.3, 0.4) is 0 Å². The second kappa shape index (κ2) is 8.63. The van der Waals surface area contributed by atoms with Gasteiger partial charge in [0.05, 0.1) is 5.69 Å². The first kappa shape index (κ1) is 18.8. The van der Waals surface area contributed by atoms with Crippen molar-refractivity contribution in [2.75, 3.05) is 0 Å². The molecule has 0 spiro atoms. The van der Waals surface area contributed by atoms with Crippen LogP contribution in [0.25, 0.3) is 0 Å². The molecule has 4 rings (SSSR count). The van der Waals surface area contributed by atoms with Gasteiger partial charge in [-0.3, -0.25) is 4.98 Å². The average molecular weight is 413 g/mol. The van der Waals surface area contributed by atoms with Crippen LogP contribution in [0.4, 0.5) is 0 Å². The fourth-order valence-corrected chi connectivity index (χ4v) is 3.54. The zero-order valence-corrected chi connectivity index (χ0v) is 16.5. The van der Waals surface area contributed by atoms with Crippen molar-refractivity contribution in [1.29, 1.82) is 0 Å². The van der Waals surface area contributed by atoms with Crippen molar-refractivity contribution in [1.82, 2.24) is 4.98 Å². The van der Waals surface area contributed by atoms with Crippen molar-refractivity contribution in [3.05, 3.63) is 93.7 Å². The van der Waals surface area contributed by atoms with Gasteiger partial charge in [0, 0.05) is 34.6 Å². The van der Waals surface area contributed by atoms with Gasteiger partial charge in [-0.15, -0.1) is 0 Å². The SMILES string of the molecule is Clc1ccc(COc2ccccc2C[C@H]2CC(c3ccccn3)=NO2)c(Cl)c1. The number of rotatable bonds is 6. The summed E-state index contributed by atoms with van der Waals surface area (Å²) in [5, 5.41) is 5.41. The Kier molecular flexibility index (Phi) is 5.79. The fourth-order valence-electron chi connectivity index (χ4n) is 3.08. The van der Waals surface area contributed by atoms with Gasteiger partial charge < -0.3 is 9.57 Å². The van der Waals surface area contributed by atoms with Gasteiger partial charge in [-0.05, 0) is 35.9 Å². The number of para-hydroxylation sites is 1. The maximum Gasteiger partial charge on any atom is 0.137 e. The molecule has 28 heavy (non-hydrogen) atoms. The van der Waals surface area contributed by atoms with E-state index in [-0.39, 0.29) is 6.10 Å².